The van der Waals surface area contributed by atoms with Crippen LogP contribution in [0.2, 0.25) is 0 Å². The molecule has 0 unspecified atom stereocenters. The second-order valence-corrected chi connectivity index (χ2v) is 10.7. The Morgan fingerprint density at radius 2 is 1.78 bits per heavy atom. The Morgan fingerprint density at radius 1 is 1.06 bits per heavy atom. The summed E-state index contributed by atoms with van der Waals surface area (Å²) >= 11 is 0. The minimum Gasteiger partial charge on any atom is -0.479 e. The standard InChI is InChI=1S/C25H35NO6/c1-15(27)25(32-16(2)28)12-9-21-19-6-5-17-13-18(26-31-14-22(29)30)7-10-23(17,3)20(19)8-11-24(21,25)4/h13,19-21H,5-12,14H2,1-4H3,(H,29,30)/b26-18-/t19-,20+,21+,23-,24-,25-/m0/s1. The lowest BCUT2D eigenvalue weighted by atomic mass is 9.46. The number of carboxylic acids is 1. The summed E-state index contributed by atoms with van der Waals surface area (Å²) in [5, 5.41) is 12.8. The zero-order valence-electron chi connectivity index (χ0n) is 19.6. The van der Waals surface area contributed by atoms with Gasteiger partial charge in [-0.1, -0.05) is 24.6 Å². The molecule has 0 radical (unpaired) electrons. The summed E-state index contributed by atoms with van der Waals surface area (Å²) in [6.45, 7) is 7.12. The van der Waals surface area contributed by atoms with Crippen LogP contribution in [-0.2, 0) is 24.0 Å². The molecule has 4 rings (SSSR count). The number of fused-ring (bicyclic) bond motifs is 5. The molecule has 4 aliphatic carbocycles. The van der Waals surface area contributed by atoms with Crippen LogP contribution in [-0.4, -0.2) is 40.7 Å². The normalized spacial score (nSPS) is 41.7. The molecule has 0 heterocycles. The number of rotatable bonds is 5. The van der Waals surface area contributed by atoms with Crippen molar-refractivity contribution in [1.82, 2.24) is 0 Å². The summed E-state index contributed by atoms with van der Waals surface area (Å²) in [4.78, 5) is 40.4. The molecule has 4 aliphatic rings. The van der Waals surface area contributed by atoms with Crippen molar-refractivity contribution in [1.29, 1.82) is 0 Å². The summed E-state index contributed by atoms with van der Waals surface area (Å²) in [5.74, 6) is 0.00154. The van der Waals surface area contributed by atoms with E-state index in [9.17, 15) is 14.4 Å². The zero-order valence-corrected chi connectivity index (χ0v) is 19.6. The van der Waals surface area contributed by atoms with E-state index in [4.69, 9.17) is 14.7 Å². The molecule has 0 aliphatic heterocycles. The van der Waals surface area contributed by atoms with E-state index in [1.165, 1.54) is 12.5 Å². The number of nitrogens with zero attached hydrogens (tertiary/aromatic N) is 1. The van der Waals surface area contributed by atoms with E-state index in [1.54, 1.807) is 6.92 Å². The van der Waals surface area contributed by atoms with Gasteiger partial charge in [-0.2, -0.15) is 0 Å². The third-order valence-corrected chi connectivity index (χ3v) is 9.35. The highest BCUT2D eigenvalue weighted by Gasteiger charge is 2.67. The Hall–Kier alpha value is -2.18. The summed E-state index contributed by atoms with van der Waals surface area (Å²) in [5.41, 5.74) is 0.999. The highest BCUT2D eigenvalue weighted by molar-refractivity contribution is 5.96. The van der Waals surface area contributed by atoms with Gasteiger partial charge in [0, 0.05) is 12.3 Å². The van der Waals surface area contributed by atoms with Gasteiger partial charge < -0.3 is 14.7 Å². The van der Waals surface area contributed by atoms with E-state index in [1.807, 2.05) is 0 Å². The van der Waals surface area contributed by atoms with E-state index < -0.39 is 18.2 Å². The molecule has 0 aromatic rings. The van der Waals surface area contributed by atoms with Gasteiger partial charge in [0.2, 0.25) is 6.61 Å². The lowest BCUT2D eigenvalue weighted by Crippen LogP contribution is -2.58. The molecule has 0 bridgehead atoms. The topological polar surface area (TPSA) is 102 Å². The quantitative estimate of drug-likeness (QED) is 0.500. The van der Waals surface area contributed by atoms with Crippen LogP contribution in [0.15, 0.2) is 16.8 Å². The number of ketones is 1. The molecule has 0 saturated heterocycles. The number of esters is 1. The number of carbonyl (C=O) groups is 3. The molecule has 1 N–H and O–H groups in total. The maximum absolute atomic E-state index is 12.8. The molecular formula is C25H35NO6. The first-order chi connectivity index (χ1) is 15.0. The Bertz CT molecular complexity index is 893. The fraction of sp³-hybridized carbons (Fsp3) is 0.760. The lowest BCUT2D eigenvalue weighted by molar-refractivity contribution is -0.187. The van der Waals surface area contributed by atoms with Gasteiger partial charge in [0.15, 0.2) is 11.4 Å². The molecule has 6 atom stereocenters. The molecule has 0 spiro atoms. The Morgan fingerprint density at radius 3 is 2.44 bits per heavy atom. The first-order valence-corrected chi connectivity index (χ1v) is 11.9. The molecule has 0 amide bonds. The van der Waals surface area contributed by atoms with Crippen molar-refractivity contribution < 1.29 is 29.1 Å². The van der Waals surface area contributed by atoms with E-state index in [2.05, 4.69) is 25.1 Å². The number of carboxylic acid groups (broad SMARTS) is 1. The van der Waals surface area contributed by atoms with E-state index >= 15 is 0 Å². The number of allylic oxidation sites excluding steroid dienone is 2. The maximum atomic E-state index is 12.8. The summed E-state index contributed by atoms with van der Waals surface area (Å²) < 4.78 is 5.84. The summed E-state index contributed by atoms with van der Waals surface area (Å²) in [7, 11) is 0. The van der Waals surface area contributed by atoms with E-state index in [-0.39, 0.29) is 22.6 Å². The fourth-order valence-electron chi connectivity index (χ4n) is 7.87. The van der Waals surface area contributed by atoms with Crippen molar-refractivity contribution in [3.63, 3.8) is 0 Å². The molecule has 3 saturated carbocycles. The highest BCUT2D eigenvalue weighted by Crippen LogP contribution is 2.68. The monoisotopic (exact) mass is 445 g/mol. The average Bonchev–Trinajstić information content (AvgIpc) is 3.01. The van der Waals surface area contributed by atoms with E-state index in [0.29, 0.717) is 24.2 Å². The summed E-state index contributed by atoms with van der Waals surface area (Å²) in [6, 6.07) is 0. The van der Waals surface area contributed by atoms with Crippen LogP contribution >= 0.6 is 0 Å². The zero-order chi connectivity index (χ0) is 23.3. The van der Waals surface area contributed by atoms with Gasteiger partial charge in [-0.3, -0.25) is 9.59 Å². The highest BCUT2D eigenvalue weighted by atomic mass is 16.6. The van der Waals surface area contributed by atoms with Gasteiger partial charge in [-0.15, -0.1) is 0 Å². The first kappa shape index (κ1) is 23.0. The predicted molar refractivity (Wildman–Crippen MR) is 118 cm³/mol. The molecule has 7 heteroatoms. The van der Waals surface area contributed by atoms with Gasteiger partial charge in [0.05, 0.1) is 5.71 Å². The number of Topliss-reactive ketones (excluding diaryl/α,β-unsaturated/α-hetero) is 1. The van der Waals surface area contributed by atoms with Crippen LogP contribution in [0, 0.1) is 28.6 Å². The Balaban J connectivity index is 1.59. The van der Waals surface area contributed by atoms with Crippen molar-refractivity contribution in [2.75, 3.05) is 6.61 Å². The van der Waals surface area contributed by atoms with Gasteiger partial charge in [-0.05, 0) is 87.5 Å². The number of carbonyl (C=O) groups excluding carboxylic acids is 2. The number of hydrogen-bond acceptors (Lipinski definition) is 6. The maximum Gasteiger partial charge on any atom is 0.344 e. The lowest BCUT2D eigenvalue weighted by Gasteiger charge is -2.59. The SMILES string of the molecule is CC(=O)O[C@]1(C(C)=O)CC[C@@H]2[C@H]3CCC4=C/C(=N\OCC(=O)O)CC[C@]4(C)[C@@H]3CC[C@@]21C. The van der Waals surface area contributed by atoms with Crippen LogP contribution in [0.25, 0.3) is 0 Å². The second kappa shape index (κ2) is 7.99. The molecule has 176 valence electrons. The van der Waals surface area contributed by atoms with Crippen LogP contribution in [0.4, 0.5) is 0 Å². The number of hydrogen-bond donors (Lipinski definition) is 1. The third-order valence-electron chi connectivity index (χ3n) is 9.35. The fourth-order valence-corrected chi connectivity index (χ4v) is 7.87. The molecule has 7 nitrogen and oxygen atoms in total. The van der Waals surface area contributed by atoms with E-state index in [0.717, 1.165) is 50.7 Å². The average molecular weight is 446 g/mol. The van der Waals surface area contributed by atoms with Crippen LogP contribution < -0.4 is 0 Å². The van der Waals surface area contributed by atoms with Crippen molar-refractivity contribution >= 4 is 23.4 Å². The van der Waals surface area contributed by atoms with Gasteiger partial charge in [-0.25, -0.2) is 4.79 Å². The molecule has 0 aromatic heterocycles. The molecular weight excluding hydrogens is 410 g/mol. The van der Waals surface area contributed by atoms with Crippen LogP contribution in [0.3, 0.4) is 0 Å². The van der Waals surface area contributed by atoms with Gasteiger partial charge in [0.25, 0.3) is 0 Å². The minimum atomic E-state index is -1.03. The molecule has 32 heavy (non-hydrogen) atoms. The minimum absolute atomic E-state index is 0.0152. The van der Waals surface area contributed by atoms with Gasteiger partial charge >= 0.3 is 11.9 Å². The number of ether oxygens (including phenoxy) is 1. The first-order valence-electron chi connectivity index (χ1n) is 11.9. The second-order valence-electron chi connectivity index (χ2n) is 10.7. The number of oxime groups is 1. The predicted octanol–water partition coefficient (Wildman–Crippen LogP) is 4.30. The summed E-state index contributed by atoms with van der Waals surface area (Å²) in [6.07, 6.45) is 9.37. The largest absolute Gasteiger partial charge is 0.479 e. The van der Waals surface area contributed by atoms with Crippen molar-refractivity contribution in [2.45, 2.75) is 84.7 Å². The smallest absolute Gasteiger partial charge is 0.344 e. The van der Waals surface area contributed by atoms with Gasteiger partial charge in [0.1, 0.15) is 0 Å². The molecule has 0 aromatic carbocycles. The van der Waals surface area contributed by atoms with Crippen molar-refractivity contribution in [2.24, 2.45) is 33.7 Å². The van der Waals surface area contributed by atoms with Crippen molar-refractivity contribution in [3.05, 3.63) is 11.6 Å². The third kappa shape index (κ3) is 3.39. The van der Waals surface area contributed by atoms with Crippen molar-refractivity contribution in [3.8, 4) is 0 Å². The van der Waals surface area contributed by atoms with Crippen LogP contribution in [0.5, 0.6) is 0 Å². The Kier molecular flexibility index (Phi) is 5.74. The number of aliphatic carboxylic acids is 1. The van der Waals surface area contributed by atoms with Crippen LogP contribution in [0.1, 0.15) is 79.1 Å². The molecule has 3 fully saturated rings. The Labute approximate surface area is 189 Å².